The van der Waals surface area contributed by atoms with Crippen molar-refractivity contribution in [1.82, 2.24) is 0 Å². The molecule has 98 valence electrons. The van der Waals surface area contributed by atoms with E-state index in [-0.39, 0.29) is 18.0 Å². The Morgan fingerprint density at radius 1 is 1.47 bits per heavy atom. The summed E-state index contributed by atoms with van der Waals surface area (Å²) in [4.78, 5) is 0. The van der Waals surface area contributed by atoms with Crippen molar-refractivity contribution in [1.29, 1.82) is 0 Å². The second kappa shape index (κ2) is 7.88. The SMILES string of the molecule is CCCC[C@@H](O)[C@@H](N)c1cc(Cl)ccc1F.Cl. The molecule has 0 aromatic heterocycles. The van der Waals surface area contributed by atoms with Gasteiger partial charge in [0.25, 0.3) is 0 Å². The molecule has 0 aliphatic heterocycles. The topological polar surface area (TPSA) is 46.2 Å². The van der Waals surface area contributed by atoms with E-state index in [2.05, 4.69) is 0 Å². The highest BCUT2D eigenvalue weighted by atomic mass is 35.5. The van der Waals surface area contributed by atoms with Gasteiger partial charge in [0.15, 0.2) is 0 Å². The number of hydrogen-bond acceptors (Lipinski definition) is 2. The van der Waals surface area contributed by atoms with E-state index in [0.717, 1.165) is 12.8 Å². The number of unbranched alkanes of at least 4 members (excludes halogenated alkanes) is 1. The molecule has 0 saturated carbocycles. The maximum atomic E-state index is 13.5. The van der Waals surface area contributed by atoms with Crippen LogP contribution in [-0.4, -0.2) is 11.2 Å². The second-order valence-corrected chi connectivity index (χ2v) is 4.34. The quantitative estimate of drug-likeness (QED) is 0.868. The van der Waals surface area contributed by atoms with Crippen molar-refractivity contribution in [3.63, 3.8) is 0 Å². The summed E-state index contributed by atoms with van der Waals surface area (Å²) in [6.07, 6.45) is 1.69. The van der Waals surface area contributed by atoms with E-state index in [1.807, 2.05) is 6.92 Å². The molecule has 0 radical (unpaired) electrons. The average Bonchev–Trinajstić information content (AvgIpc) is 2.28. The molecule has 1 aromatic rings. The maximum Gasteiger partial charge on any atom is 0.128 e. The van der Waals surface area contributed by atoms with E-state index < -0.39 is 18.0 Å². The molecule has 0 heterocycles. The van der Waals surface area contributed by atoms with Gasteiger partial charge >= 0.3 is 0 Å². The smallest absolute Gasteiger partial charge is 0.128 e. The van der Waals surface area contributed by atoms with Crippen LogP contribution < -0.4 is 5.73 Å². The van der Waals surface area contributed by atoms with Crippen molar-refractivity contribution >= 4 is 24.0 Å². The fourth-order valence-electron chi connectivity index (χ4n) is 1.57. The molecule has 2 atom stereocenters. The van der Waals surface area contributed by atoms with Crippen LogP contribution in [0.2, 0.25) is 5.02 Å². The Morgan fingerprint density at radius 2 is 2.12 bits per heavy atom. The molecule has 17 heavy (non-hydrogen) atoms. The van der Waals surface area contributed by atoms with Crippen LogP contribution in [0.1, 0.15) is 37.8 Å². The first kappa shape index (κ1) is 16.6. The number of hydrogen-bond donors (Lipinski definition) is 2. The lowest BCUT2D eigenvalue weighted by Gasteiger charge is -2.19. The summed E-state index contributed by atoms with van der Waals surface area (Å²) in [7, 11) is 0. The normalized spacial score (nSPS) is 13.9. The second-order valence-electron chi connectivity index (χ2n) is 3.90. The van der Waals surface area contributed by atoms with Crippen LogP contribution in [0, 0.1) is 5.82 Å². The highest BCUT2D eigenvalue weighted by Crippen LogP contribution is 2.24. The molecule has 2 nitrogen and oxygen atoms in total. The Labute approximate surface area is 112 Å². The van der Waals surface area contributed by atoms with Crippen molar-refractivity contribution in [3.05, 3.63) is 34.6 Å². The fourth-order valence-corrected chi connectivity index (χ4v) is 1.75. The lowest BCUT2D eigenvalue weighted by molar-refractivity contribution is 0.131. The summed E-state index contributed by atoms with van der Waals surface area (Å²) < 4.78 is 13.5. The Morgan fingerprint density at radius 3 is 2.71 bits per heavy atom. The standard InChI is InChI=1S/C12H17ClFNO.ClH/c1-2-3-4-11(16)12(15)9-7-8(13)5-6-10(9)14;/h5-7,11-12,16H,2-4,15H2,1H3;1H/t11-,12+;/m1./s1. The molecule has 0 spiro atoms. The molecule has 0 aliphatic rings. The summed E-state index contributed by atoms with van der Waals surface area (Å²) in [6, 6.07) is 3.48. The summed E-state index contributed by atoms with van der Waals surface area (Å²) in [5.74, 6) is -0.424. The van der Waals surface area contributed by atoms with Crippen LogP contribution in [0.15, 0.2) is 18.2 Å². The van der Waals surface area contributed by atoms with Gasteiger partial charge in [-0.1, -0.05) is 31.4 Å². The molecular weight excluding hydrogens is 264 g/mol. The molecule has 0 fully saturated rings. The van der Waals surface area contributed by atoms with Crippen LogP contribution in [0.4, 0.5) is 4.39 Å². The molecule has 0 aliphatic carbocycles. The van der Waals surface area contributed by atoms with E-state index >= 15 is 0 Å². The monoisotopic (exact) mass is 281 g/mol. The minimum absolute atomic E-state index is 0. The third kappa shape index (κ3) is 4.80. The van der Waals surface area contributed by atoms with Gasteiger partial charge in [-0.3, -0.25) is 0 Å². The minimum Gasteiger partial charge on any atom is -0.391 e. The highest BCUT2D eigenvalue weighted by molar-refractivity contribution is 6.30. The zero-order chi connectivity index (χ0) is 12.1. The zero-order valence-corrected chi connectivity index (χ0v) is 11.3. The van der Waals surface area contributed by atoms with Gasteiger partial charge in [0, 0.05) is 10.6 Å². The fraction of sp³-hybridized carbons (Fsp3) is 0.500. The van der Waals surface area contributed by atoms with Gasteiger partial charge < -0.3 is 10.8 Å². The van der Waals surface area contributed by atoms with Gasteiger partial charge in [0.2, 0.25) is 0 Å². The molecule has 0 bridgehead atoms. The van der Waals surface area contributed by atoms with Crippen molar-refractivity contribution in [2.45, 2.75) is 38.3 Å². The summed E-state index contributed by atoms with van der Waals surface area (Å²) in [5, 5.41) is 10.2. The van der Waals surface area contributed by atoms with Crippen LogP contribution in [0.5, 0.6) is 0 Å². The molecule has 5 heteroatoms. The number of nitrogens with two attached hydrogens (primary N) is 1. The first-order valence-electron chi connectivity index (χ1n) is 5.44. The predicted octanol–water partition coefficient (Wildman–Crippen LogP) is 3.45. The first-order valence-corrected chi connectivity index (χ1v) is 5.82. The number of halogens is 3. The van der Waals surface area contributed by atoms with Crippen molar-refractivity contribution in [2.75, 3.05) is 0 Å². The Hall–Kier alpha value is -0.350. The largest absolute Gasteiger partial charge is 0.391 e. The molecule has 0 amide bonds. The molecular formula is C12H18Cl2FNO. The predicted molar refractivity (Wildman–Crippen MR) is 71.1 cm³/mol. The number of aliphatic hydroxyl groups excluding tert-OH is 1. The van der Waals surface area contributed by atoms with Crippen LogP contribution >= 0.6 is 24.0 Å². The lowest BCUT2D eigenvalue weighted by atomic mass is 9.98. The molecule has 3 N–H and O–H groups in total. The highest BCUT2D eigenvalue weighted by Gasteiger charge is 2.19. The Bertz CT molecular complexity index is 349. The number of rotatable bonds is 5. The molecule has 1 aromatic carbocycles. The van der Waals surface area contributed by atoms with Gasteiger partial charge in [0.05, 0.1) is 12.1 Å². The van der Waals surface area contributed by atoms with E-state index in [9.17, 15) is 9.50 Å². The van der Waals surface area contributed by atoms with Crippen molar-refractivity contribution in [3.8, 4) is 0 Å². The van der Waals surface area contributed by atoms with Crippen molar-refractivity contribution < 1.29 is 9.50 Å². The van der Waals surface area contributed by atoms with E-state index in [1.165, 1.54) is 18.2 Å². The van der Waals surface area contributed by atoms with E-state index in [0.29, 0.717) is 11.4 Å². The van der Waals surface area contributed by atoms with Gasteiger partial charge in [-0.15, -0.1) is 12.4 Å². The van der Waals surface area contributed by atoms with E-state index in [1.54, 1.807) is 0 Å². The molecule has 0 saturated heterocycles. The maximum absolute atomic E-state index is 13.5. The van der Waals surface area contributed by atoms with Crippen LogP contribution in [0.3, 0.4) is 0 Å². The van der Waals surface area contributed by atoms with Crippen LogP contribution in [0.25, 0.3) is 0 Å². The Balaban J connectivity index is 0.00000256. The molecule has 1 rings (SSSR count). The van der Waals surface area contributed by atoms with Crippen molar-refractivity contribution in [2.24, 2.45) is 5.73 Å². The van der Waals surface area contributed by atoms with Gasteiger partial charge in [-0.05, 0) is 24.6 Å². The van der Waals surface area contributed by atoms with E-state index in [4.69, 9.17) is 17.3 Å². The third-order valence-electron chi connectivity index (χ3n) is 2.59. The van der Waals surface area contributed by atoms with Gasteiger partial charge in [0.1, 0.15) is 5.82 Å². The Kier molecular flexibility index (Phi) is 7.71. The zero-order valence-electron chi connectivity index (χ0n) is 9.70. The third-order valence-corrected chi connectivity index (χ3v) is 2.82. The summed E-state index contributed by atoms with van der Waals surface area (Å²) in [6.45, 7) is 2.03. The minimum atomic E-state index is -0.729. The van der Waals surface area contributed by atoms with Gasteiger partial charge in [-0.25, -0.2) is 4.39 Å². The van der Waals surface area contributed by atoms with Gasteiger partial charge in [-0.2, -0.15) is 0 Å². The first-order chi connectivity index (χ1) is 7.56. The molecule has 0 unspecified atom stereocenters. The number of benzene rings is 1. The lowest BCUT2D eigenvalue weighted by Crippen LogP contribution is -2.27. The van der Waals surface area contributed by atoms with Crippen LogP contribution in [-0.2, 0) is 0 Å². The average molecular weight is 282 g/mol. The number of aliphatic hydroxyl groups is 1. The summed E-state index contributed by atoms with van der Waals surface area (Å²) in [5.41, 5.74) is 6.07. The summed E-state index contributed by atoms with van der Waals surface area (Å²) >= 11 is 5.77.